The van der Waals surface area contributed by atoms with Gasteiger partial charge in [0.25, 0.3) is 0 Å². The summed E-state index contributed by atoms with van der Waals surface area (Å²) in [5.74, 6) is 1.10. The summed E-state index contributed by atoms with van der Waals surface area (Å²) in [5, 5.41) is 29.7. The molecule has 1 atom stereocenters. The van der Waals surface area contributed by atoms with Crippen molar-refractivity contribution in [3.05, 3.63) is 47.5 Å². The summed E-state index contributed by atoms with van der Waals surface area (Å²) >= 11 is 0. The Labute approximate surface area is 129 Å². The zero-order valence-electron chi connectivity index (χ0n) is 12.6. The van der Waals surface area contributed by atoms with Gasteiger partial charge in [-0.15, -0.1) is 0 Å². The van der Waals surface area contributed by atoms with Crippen molar-refractivity contribution in [3.8, 4) is 23.0 Å². The zero-order chi connectivity index (χ0) is 16.1. The highest BCUT2D eigenvalue weighted by Gasteiger charge is 2.12. The van der Waals surface area contributed by atoms with Gasteiger partial charge in [-0.25, -0.2) is 0 Å². The normalized spacial score (nSPS) is 12.0. The first kappa shape index (κ1) is 16.0. The molecule has 0 aromatic heterocycles. The predicted molar refractivity (Wildman–Crippen MR) is 82.7 cm³/mol. The fraction of sp³-hybridized carbons (Fsp3) is 0.294. The number of phenolic OH excluding ortho intramolecular Hbond substituents is 2. The van der Waals surface area contributed by atoms with Crippen molar-refractivity contribution in [2.24, 2.45) is 0 Å². The van der Waals surface area contributed by atoms with E-state index >= 15 is 0 Å². The van der Waals surface area contributed by atoms with Crippen molar-refractivity contribution in [2.75, 3.05) is 14.2 Å². The topological polar surface area (TPSA) is 79.2 Å². The van der Waals surface area contributed by atoms with Crippen LogP contribution in [0.1, 0.15) is 11.1 Å². The maximum atomic E-state index is 10.2. The molecule has 5 heteroatoms. The van der Waals surface area contributed by atoms with Crippen LogP contribution in [0.5, 0.6) is 23.0 Å². The minimum atomic E-state index is -0.659. The molecule has 0 amide bonds. The van der Waals surface area contributed by atoms with Crippen molar-refractivity contribution in [1.29, 1.82) is 0 Å². The fourth-order valence-corrected chi connectivity index (χ4v) is 2.29. The Balaban J connectivity index is 2.05. The summed E-state index contributed by atoms with van der Waals surface area (Å²) < 4.78 is 10.1. The summed E-state index contributed by atoms with van der Waals surface area (Å²) in [6.07, 6.45) is 0.0507. The number of aromatic hydroxyl groups is 2. The predicted octanol–water partition coefficient (Wildman–Crippen LogP) is 2.26. The number of aliphatic hydroxyl groups excluding tert-OH is 1. The van der Waals surface area contributed by atoms with Crippen LogP contribution in [0.15, 0.2) is 36.4 Å². The molecule has 1 unspecified atom stereocenters. The molecule has 0 heterocycles. The largest absolute Gasteiger partial charge is 0.508 e. The number of rotatable bonds is 6. The molecule has 0 fully saturated rings. The molecule has 118 valence electrons. The van der Waals surface area contributed by atoms with Crippen molar-refractivity contribution in [1.82, 2.24) is 0 Å². The van der Waals surface area contributed by atoms with E-state index < -0.39 is 6.10 Å². The third-order valence-electron chi connectivity index (χ3n) is 3.46. The third-order valence-corrected chi connectivity index (χ3v) is 3.46. The molecular weight excluding hydrogens is 284 g/mol. The monoisotopic (exact) mass is 304 g/mol. The minimum Gasteiger partial charge on any atom is -0.508 e. The van der Waals surface area contributed by atoms with Gasteiger partial charge in [-0.3, -0.25) is 0 Å². The maximum absolute atomic E-state index is 10.2. The maximum Gasteiger partial charge on any atom is 0.160 e. The molecule has 3 N–H and O–H groups in total. The summed E-state index contributed by atoms with van der Waals surface area (Å²) in [6.45, 7) is 0. The van der Waals surface area contributed by atoms with E-state index in [1.54, 1.807) is 24.3 Å². The van der Waals surface area contributed by atoms with Crippen LogP contribution in [0.2, 0.25) is 0 Å². The van der Waals surface area contributed by atoms with Crippen LogP contribution in [-0.2, 0) is 12.8 Å². The molecular formula is C17H20O5. The van der Waals surface area contributed by atoms with Gasteiger partial charge in [-0.1, -0.05) is 12.1 Å². The summed E-state index contributed by atoms with van der Waals surface area (Å²) in [7, 11) is 3.01. The Morgan fingerprint density at radius 3 is 2.32 bits per heavy atom. The van der Waals surface area contributed by atoms with Crippen LogP contribution in [0, 0.1) is 0 Å². The molecule has 0 aliphatic heterocycles. The van der Waals surface area contributed by atoms with Gasteiger partial charge in [-0.2, -0.15) is 0 Å². The second-order valence-corrected chi connectivity index (χ2v) is 5.06. The van der Waals surface area contributed by atoms with Crippen molar-refractivity contribution in [3.63, 3.8) is 0 Å². The number of methoxy groups -OCH3 is 2. The van der Waals surface area contributed by atoms with Gasteiger partial charge >= 0.3 is 0 Å². The van der Waals surface area contributed by atoms with Crippen LogP contribution < -0.4 is 9.47 Å². The number of aliphatic hydroxyl groups is 1. The molecule has 0 saturated heterocycles. The van der Waals surface area contributed by atoms with E-state index in [-0.39, 0.29) is 11.5 Å². The van der Waals surface area contributed by atoms with E-state index in [0.29, 0.717) is 29.9 Å². The molecule has 0 aliphatic carbocycles. The summed E-state index contributed by atoms with van der Waals surface area (Å²) in [5.41, 5.74) is 1.49. The van der Waals surface area contributed by atoms with Crippen molar-refractivity contribution >= 4 is 0 Å². The quantitative estimate of drug-likeness (QED) is 0.763. The average Bonchev–Trinajstić information content (AvgIpc) is 2.51. The van der Waals surface area contributed by atoms with E-state index in [2.05, 4.69) is 0 Å². The van der Waals surface area contributed by atoms with Crippen molar-refractivity contribution in [2.45, 2.75) is 18.9 Å². The van der Waals surface area contributed by atoms with Crippen LogP contribution in [0.3, 0.4) is 0 Å². The number of ether oxygens (including phenoxy) is 2. The van der Waals surface area contributed by atoms with E-state index in [0.717, 1.165) is 5.56 Å². The summed E-state index contributed by atoms with van der Waals surface area (Å²) in [4.78, 5) is 0. The van der Waals surface area contributed by atoms with Crippen LogP contribution in [0.4, 0.5) is 0 Å². The molecule has 2 rings (SSSR count). The second kappa shape index (κ2) is 7.04. The number of benzene rings is 2. The van der Waals surface area contributed by atoms with Gasteiger partial charge in [0.05, 0.1) is 20.3 Å². The van der Waals surface area contributed by atoms with Gasteiger partial charge < -0.3 is 24.8 Å². The van der Waals surface area contributed by atoms with Gasteiger partial charge in [-0.05, 0) is 35.7 Å². The lowest BCUT2D eigenvalue weighted by Gasteiger charge is -2.13. The number of hydrogen-bond acceptors (Lipinski definition) is 5. The Kier molecular flexibility index (Phi) is 5.12. The molecule has 0 bridgehead atoms. The molecule has 22 heavy (non-hydrogen) atoms. The minimum absolute atomic E-state index is 0.0635. The Morgan fingerprint density at radius 1 is 0.909 bits per heavy atom. The zero-order valence-corrected chi connectivity index (χ0v) is 12.6. The van der Waals surface area contributed by atoms with Crippen molar-refractivity contribution < 1.29 is 24.8 Å². The SMILES string of the molecule is COc1ccc(CC(O)Cc2ccc(O)c(OC)c2)c(O)c1. The summed E-state index contributed by atoms with van der Waals surface area (Å²) in [6, 6.07) is 9.94. The lowest BCUT2D eigenvalue weighted by atomic mass is 10.0. The van der Waals surface area contributed by atoms with Crippen LogP contribution in [-0.4, -0.2) is 35.6 Å². The Hall–Kier alpha value is -2.40. The molecule has 0 radical (unpaired) electrons. The van der Waals surface area contributed by atoms with Gasteiger partial charge in [0, 0.05) is 12.5 Å². The third kappa shape index (κ3) is 3.83. The standard InChI is InChI=1S/C17H20O5/c1-21-14-5-4-12(16(20)10-14)9-13(18)7-11-3-6-15(19)17(8-11)22-2/h3-6,8,10,13,18-20H,7,9H2,1-2H3. The first-order chi connectivity index (χ1) is 10.5. The second-order valence-electron chi connectivity index (χ2n) is 5.06. The van der Waals surface area contributed by atoms with E-state index in [1.807, 2.05) is 0 Å². The number of hydrogen-bond donors (Lipinski definition) is 3. The Morgan fingerprint density at radius 2 is 1.68 bits per heavy atom. The van der Waals surface area contributed by atoms with E-state index in [9.17, 15) is 15.3 Å². The first-order valence-electron chi connectivity index (χ1n) is 6.93. The lowest BCUT2D eigenvalue weighted by Crippen LogP contribution is -2.14. The molecule has 0 aliphatic rings. The molecule has 2 aromatic carbocycles. The van der Waals surface area contributed by atoms with Gasteiger partial charge in [0.1, 0.15) is 11.5 Å². The smallest absolute Gasteiger partial charge is 0.160 e. The van der Waals surface area contributed by atoms with Crippen LogP contribution >= 0.6 is 0 Å². The Bertz CT molecular complexity index is 639. The van der Waals surface area contributed by atoms with Gasteiger partial charge in [0.2, 0.25) is 0 Å². The number of phenols is 2. The van der Waals surface area contributed by atoms with E-state index in [1.165, 1.54) is 26.4 Å². The van der Waals surface area contributed by atoms with Crippen LogP contribution in [0.25, 0.3) is 0 Å². The molecule has 2 aromatic rings. The molecule has 0 saturated carbocycles. The van der Waals surface area contributed by atoms with E-state index in [4.69, 9.17) is 9.47 Å². The highest BCUT2D eigenvalue weighted by molar-refractivity contribution is 5.42. The molecule has 0 spiro atoms. The highest BCUT2D eigenvalue weighted by atomic mass is 16.5. The molecule has 5 nitrogen and oxygen atoms in total. The average molecular weight is 304 g/mol. The lowest BCUT2D eigenvalue weighted by molar-refractivity contribution is 0.174. The van der Waals surface area contributed by atoms with Gasteiger partial charge in [0.15, 0.2) is 11.5 Å². The highest BCUT2D eigenvalue weighted by Crippen LogP contribution is 2.28. The first-order valence-corrected chi connectivity index (χ1v) is 6.93. The fourth-order valence-electron chi connectivity index (χ4n) is 2.29.